The van der Waals surface area contributed by atoms with Crippen LogP contribution in [0.3, 0.4) is 0 Å². The molecule has 0 atom stereocenters. The van der Waals surface area contributed by atoms with Crippen LogP contribution in [0.2, 0.25) is 0 Å². The van der Waals surface area contributed by atoms with E-state index in [1.165, 1.54) is 19.2 Å². The Morgan fingerprint density at radius 2 is 1.86 bits per heavy atom. The fourth-order valence-corrected chi connectivity index (χ4v) is 2.89. The summed E-state index contributed by atoms with van der Waals surface area (Å²) in [7, 11) is 1.50. The summed E-state index contributed by atoms with van der Waals surface area (Å²) >= 11 is 0. The van der Waals surface area contributed by atoms with Crippen molar-refractivity contribution in [2.75, 3.05) is 7.11 Å². The topological polar surface area (TPSA) is 112 Å². The number of carboxylic acids is 1. The van der Waals surface area contributed by atoms with Gasteiger partial charge in [-0.2, -0.15) is 5.26 Å². The molecule has 0 bridgehead atoms. The average Bonchev–Trinajstić information content (AvgIpc) is 2.72. The van der Waals surface area contributed by atoms with E-state index >= 15 is 0 Å². The van der Waals surface area contributed by atoms with Crippen LogP contribution in [0.15, 0.2) is 53.3 Å². The van der Waals surface area contributed by atoms with Gasteiger partial charge in [-0.05, 0) is 48.4 Å². The number of aromatic nitrogens is 1. The smallest absolute Gasteiger partial charge is 0.335 e. The van der Waals surface area contributed by atoms with Crippen molar-refractivity contribution in [1.82, 2.24) is 4.98 Å². The second-order valence-corrected chi connectivity index (χ2v) is 6.34. The molecule has 3 aromatic rings. The minimum absolute atomic E-state index is 0.0323. The van der Waals surface area contributed by atoms with E-state index in [-0.39, 0.29) is 17.7 Å². The number of carbonyl (C=O) groups is 1. The van der Waals surface area contributed by atoms with E-state index in [1.54, 1.807) is 43.3 Å². The predicted molar refractivity (Wildman–Crippen MR) is 106 cm³/mol. The second-order valence-electron chi connectivity index (χ2n) is 6.34. The van der Waals surface area contributed by atoms with Crippen LogP contribution in [0.4, 0.5) is 0 Å². The molecule has 2 aromatic carbocycles. The number of carboxylic acid groups (broad SMARTS) is 1. The molecule has 146 valence electrons. The average molecular weight is 390 g/mol. The maximum absolute atomic E-state index is 12.0. The molecule has 1 aromatic heterocycles. The van der Waals surface area contributed by atoms with E-state index in [0.29, 0.717) is 28.3 Å². The first-order valence-electron chi connectivity index (χ1n) is 8.70. The van der Waals surface area contributed by atoms with Crippen molar-refractivity contribution in [3.05, 3.63) is 81.3 Å². The normalized spacial score (nSPS) is 10.2. The van der Waals surface area contributed by atoms with Gasteiger partial charge in [0.2, 0.25) is 0 Å². The Kier molecular flexibility index (Phi) is 5.65. The van der Waals surface area contributed by atoms with E-state index in [1.807, 2.05) is 6.07 Å². The number of nitrogens with one attached hydrogen (secondary N) is 1. The summed E-state index contributed by atoms with van der Waals surface area (Å²) < 4.78 is 11.2. The van der Waals surface area contributed by atoms with Crippen LogP contribution in [-0.4, -0.2) is 23.2 Å². The summed E-state index contributed by atoms with van der Waals surface area (Å²) in [5, 5.41) is 18.3. The van der Waals surface area contributed by atoms with Crippen molar-refractivity contribution in [2.45, 2.75) is 13.5 Å². The van der Waals surface area contributed by atoms with Gasteiger partial charge in [-0.3, -0.25) is 4.79 Å². The zero-order chi connectivity index (χ0) is 21.0. The number of aromatic amines is 1. The summed E-state index contributed by atoms with van der Waals surface area (Å²) in [4.78, 5) is 25.6. The number of nitriles is 1. The Balaban J connectivity index is 1.87. The molecule has 0 saturated heterocycles. The molecule has 2 N–H and O–H groups in total. The highest BCUT2D eigenvalue weighted by atomic mass is 16.5. The van der Waals surface area contributed by atoms with Gasteiger partial charge in [0.15, 0.2) is 11.5 Å². The van der Waals surface area contributed by atoms with Gasteiger partial charge in [-0.15, -0.1) is 0 Å². The molecule has 3 rings (SSSR count). The Labute approximate surface area is 166 Å². The van der Waals surface area contributed by atoms with Crippen LogP contribution in [-0.2, 0) is 6.61 Å². The highest BCUT2D eigenvalue weighted by Gasteiger charge is 2.13. The molecule has 0 radical (unpaired) electrons. The first-order chi connectivity index (χ1) is 13.9. The molecule has 0 saturated carbocycles. The van der Waals surface area contributed by atoms with Crippen molar-refractivity contribution in [1.29, 1.82) is 5.26 Å². The number of rotatable bonds is 6. The predicted octanol–water partition coefficient (Wildman–Crippen LogP) is 3.51. The Morgan fingerprint density at radius 3 is 2.48 bits per heavy atom. The van der Waals surface area contributed by atoms with Crippen LogP contribution >= 0.6 is 0 Å². The van der Waals surface area contributed by atoms with Crippen molar-refractivity contribution in [3.63, 3.8) is 0 Å². The quantitative estimate of drug-likeness (QED) is 0.666. The summed E-state index contributed by atoms with van der Waals surface area (Å²) in [6.07, 6.45) is 0. The summed E-state index contributed by atoms with van der Waals surface area (Å²) in [5.41, 5.74) is 2.42. The van der Waals surface area contributed by atoms with Crippen molar-refractivity contribution < 1.29 is 19.4 Å². The molecule has 29 heavy (non-hydrogen) atoms. The lowest BCUT2D eigenvalue weighted by molar-refractivity contribution is 0.0697. The molecule has 0 aliphatic heterocycles. The molecular weight excluding hydrogens is 372 g/mol. The SMILES string of the molecule is COc1cc(-c2cc(C)[nH]c(=O)c2C#N)ccc1OCc1ccc(C(=O)O)cc1. The molecule has 0 aliphatic carbocycles. The number of aryl methyl sites for hydroxylation is 1. The maximum Gasteiger partial charge on any atom is 0.335 e. The van der Waals surface area contributed by atoms with E-state index in [4.69, 9.17) is 14.6 Å². The lowest BCUT2D eigenvalue weighted by Crippen LogP contribution is -2.12. The number of aromatic carboxylic acids is 1. The van der Waals surface area contributed by atoms with Crippen LogP contribution in [0.25, 0.3) is 11.1 Å². The molecular formula is C22H18N2O5. The number of hydrogen-bond acceptors (Lipinski definition) is 5. The zero-order valence-electron chi connectivity index (χ0n) is 15.9. The van der Waals surface area contributed by atoms with Gasteiger partial charge >= 0.3 is 5.97 Å². The number of benzene rings is 2. The van der Waals surface area contributed by atoms with E-state index < -0.39 is 11.5 Å². The van der Waals surface area contributed by atoms with Gasteiger partial charge in [0.1, 0.15) is 18.2 Å². The van der Waals surface area contributed by atoms with Crippen molar-refractivity contribution >= 4 is 5.97 Å². The summed E-state index contributed by atoms with van der Waals surface area (Å²) in [6, 6.07) is 15.2. The van der Waals surface area contributed by atoms with Crippen LogP contribution in [0.1, 0.15) is 27.2 Å². The van der Waals surface area contributed by atoms with Crippen molar-refractivity contribution in [3.8, 4) is 28.7 Å². The number of pyridine rings is 1. The molecule has 0 aliphatic rings. The number of methoxy groups -OCH3 is 1. The first kappa shape index (κ1) is 19.7. The van der Waals surface area contributed by atoms with E-state index in [2.05, 4.69) is 4.98 Å². The molecule has 7 heteroatoms. The third-order valence-corrected chi connectivity index (χ3v) is 4.35. The lowest BCUT2D eigenvalue weighted by atomic mass is 10.0. The number of ether oxygens (including phenoxy) is 2. The molecule has 0 spiro atoms. The van der Waals surface area contributed by atoms with Gasteiger partial charge in [-0.25, -0.2) is 4.79 Å². The van der Waals surface area contributed by atoms with Crippen molar-refractivity contribution in [2.24, 2.45) is 0 Å². The van der Waals surface area contributed by atoms with E-state index in [0.717, 1.165) is 5.56 Å². The second kappa shape index (κ2) is 8.31. The maximum atomic E-state index is 12.0. The summed E-state index contributed by atoms with van der Waals surface area (Å²) in [5.74, 6) is -0.0495. The minimum Gasteiger partial charge on any atom is -0.493 e. The van der Waals surface area contributed by atoms with Gasteiger partial charge < -0.3 is 19.6 Å². The fourth-order valence-electron chi connectivity index (χ4n) is 2.89. The molecule has 0 fully saturated rings. The Hall–Kier alpha value is -4.05. The molecule has 0 amide bonds. The van der Waals surface area contributed by atoms with Gasteiger partial charge in [0.05, 0.1) is 12.7 Å². The van der Waals surface area contributed by atoms with Gasteiger partial charge in [0, 0.05) is 11.3 Å². The number of hydrogen-bond donors (Lipinski definition) is 2. The van der Waals surface area contributed by atoms with Crippen LogP contribution < -0.4 is 15.0 Å². The standard InChI is InChI=1S/C22H18N2O5/c1-13-9-17(18(11-23)21(25)24-13)16-7-8-19(20(10-16)28-2)29-12-14-3-5-15(6-4-14)22(26)27/h3-10H,12H2,1-2H3,(H,24,25)(H,26,27). The number of nitrogens with zero attached hydrogens (tertiary/aromatic N) is 1. The Morgan fingerprint density at radius 1 is 1.14 bits per heavy atom. The Bertz CT molecular complexity index is 1160. The monoisotopic (exact) mass is 390 g/mol. The third-order valence-electron chi connectivity index (χ3n) is 4.35. The van der Waals surface area contributed by atoms with Crippen LogP contribution in [0, 0.1) is 18.3 Å². The molecule has 0 unspecified atom stereocenters. The van der Waals surface area contributed by atoms with E-state index in [9.17, 15) is 14.9 Å². The lowest BCUT2D eigenvalue weighted by Gasteiger charge is -2.13. The highest BCUT2D eigenvalue weighted by molar-refractivity contribution is 5.87. The summed E-state index contributed by atoms with van der Waals surface area (Å²) in [6.45, 7) is 1.97. The fraction of sp³-hybridized carbons (Fsp3) is 0.136. The molecule has 1 heterocycles. The zero-order valence-corrected chi connectivity index (χ0v) is 15.9. The third kappa shape index (κ3) is 4.28. The van der Waals surface area contributed by atoms with Gasteiger partial charge in [0.25, 0.3) is 5.56 Å². The highest BCUT2D eigenvalue weighted by Crippen LogP contribution is 2.33. The molecule has 7 nitrogen and oxygen atoms in total. The van der Waals surface area contributed by atoms with Gasteiger partial charge in [-0.1, -0.05) is 18.2 Å². The number of H-pyrrole nitrogens is 1. The minimum atomic E-state index is -0.985. The van der Waals surface area contributed by atoms with Crippen LogP contribution in [0.5, 0.6) is 11.5 Å². The largest absolute Gasteiger partial charge is 0.493 e. The first-order valence-corrected chi connectivity index (χ1v) is 8.70.